The molecule has 0 unspecified atom stereocenters. The summed E-state index contributed by atoms with van der Waals surface area (Å²) in [4.78, 5) is 12.7. The first-order valence-electron chi connectivity index (χ1n) is 10.0. The van der Waals surface area contributed by atoms with Crippen LogP contribution in [0.5, 0.6) is 5.75 Å². The van der Waals surface area contributed by atoms with Crippen LogP contribution in [0.2, 0.25) is 0 Å². The fraction of sp³-hybridized carbons (Fsp3) is 0.217. The number of nitrogens with one attached hydrogen (secondary N) is 1. The lowest BCUT2D eigenvalue weighted by Gasteiger charge is -2.15. The molecule has 160 valence electrons. The third kappa shape index (κ3) is 4.17. The SMILES string of the molecule is C/C(=N/NC(=O)c1cccc(S(=O)(=O)N2CCCC2)c1)c1ccc2ccccc2c1O. The first kappa shape index (κ1) is 21.0. The number of benzene rings is 3. The fourth-order valence-electron chi connectivity index (χ4n) is 3.68. The predicted octanol–water partition coefficient (Wildman–Crippen LogP) is 3.48. The summed E-state index contributed by atoms with van der Waals surface area (Å²) in [5, 5.41) is 16.3. The maximum Gasteiger partial charge on any atom is 0.271 e. The highest BCUT2D eigenvalue weighted by atomic mass is 32.2. The van der Waals surface area contributed by atoms with Crippen molar-refractivity contribution in [2.75, 3.05) is 13.1 Å². The Morgan fingerprint density at radius 1 is 1.03 bits per heavy atom. The summed E-state index contributed by atoms with van der Waals surface area (Å²) in [6.07, 6.45) is 1.68. The van der Waals surface area contributed by atoms with Gasteiger partial charge in [0.2, 0.25) is 10.0 Å². The van der Waals surface area contributed by atoms with Crippen molar-refractivity contribution in [1.82, 2.24) is 9.73 Å². The van der Waals surface area contributed by atoms with Gasteiger partial charge in [0.15, 0.2) is 0 Å². The van der Waals surface area contributed by atoms with E-state index in [1.807, 2.05) is 30.3 Å². The lowest BCUT2D eigenvalue weighted by molar-refractivity contribution is 0.0954. The number of phenols is 1. The van der Waals surface area contributed by atoms with Crippen molar-refractivity contribution in [1.29, 1.82) is 0 Å². The number of aromatic hydroxyl groups is 1. The lowest BCUT2D eigenvalue weighted by atomic mass is 10.0. The number of phenolic OH excluding ortho intramolecular Hbond substituents is 1. The number of sulfonamides is 1. The molecule has 8 heteroatoms. The molecule has 31 heavy (non-hydrogen) atoms. The topological polar surface area (TPSA) is 99.1 Å². The van der Waals surface area contributed by atoms with Gasteiger partial charge in [0, 0.05) is 29.6 Å². The van der Waals surface area contributed by atoms with Crippen molar-refractivity contribution in [3.63, 3.8) is 0 Å². The zero-order valence-electron chi connectivity index (χ0n) is 17.1. The molecule has 0 spiro atoms. The zero-order chi connectivity index (χ0) is 22.0. The molecule has 0 saturated carbocycles. The summed E-state index contributed by atoms with van der Waals surface area (Å²) in [5.74, 6) is -0.439. The molecule has 1 saturated heterocycles. The molecule has 1 aliphatic heterocycles. The molecule has 7 nitrogen and oxygen atoms in total. The second-order valence-corrected chi connectivity index (χ2v) is 9.40. The third-order valence-electron chi connectivity index (χ3n) is 5.41. The molecule has 1 fully saturated rings. The summed E-state index contributed by atoms with van der Waals surface area (Å²) in [6, 6.07) is 17.0. The Balaban J connectivity index is 1.55. The van der Waals surface area contributed by atoms with E-state index >= 15 is 0 Å². The number of carbonyl (C=O) groups excluding carboxylic acids is 1. The van der Waals surface area contributed by atoms with Gasteiger partial charge in [-0.05, 0) is 49.4 Å². The van der Waals surface area contributed by atoms with Crippen molar-refractivity contribution < 1.29 is 18.3 Å². The third-order valence-corrected chi connectivity index (χ3v) is 7.31. The molecule has 0 atom stereocenters. The number of hydrogen-bond acceptors (Lipinski definition) is 5. The maximum absolute atomic E-state index is 12.7. The van der Waals surface area contributed by atoms with Gasteiger partial charge >= 0.3 is 0 Å². The minimum absolute atomic E-state index is 0.0901. The van der Waals surface area contributed by atoms with Crippen LogP contribution in [0.4, 0.5) is 0 Å². The van der Waals surface area contributed by atoms with E-state index in [2.05, 4.69) is 10.5 Å². The number of fused-ring (bicyclic) bond motifs is 1. The first-order chi connectivity index (χ1) is 14.9. The summed E-state index contributed by atoms with van der Waals surface area (Å²) in [5.41, 5.74) is 3.58. The Kier molecular flexibility index (Phi) is 5.75. The van der Waals surface area contributed by atoms with E-state index in [0.29, 0.717) is 29.8 Å². The van der Waals surface area contributed by atoms with Crippen LogP contribution in [0.1, 0.15) is 35.7 Å². The maximum atomic E-state index is 12.7. The largest absolute Gasteiger partial charge is 0.507 e. The highest BCUT2D eigenvalue weighted by Crippen LogP contribution is 2.29. The van der Waals surface area contributed by atoms with Crippen molar-refractivity contribution in [2.45, 2.75) is 24.7 Å². The van der Waals surface area contributed by atoms with Gasteiger partial charge in [0.05, 0.1) is 10.6 Å². The van der Waals surface area contributed by atoms with Crippen molar-refractivity contribution >= 4 is 32.4 Å². The molecule has 0 aromatic heterocycles. The Morgan fingerprint density at radius 2 is 1.77 bits per heavy atom. The van der Waals surface area contributed by atoms with E-state index in [0.717, 1.165) is 18.2 Å². The van der Waals surface area contributed by atoms with E-state index in [1.165, 1.54) is 22.5 Å². The van der Waals surface area contributed by atoms with Crippen LogP contribution >= 0.6 is 0 Å². The van der Waals surface area contributed by atoms with Gasteiger partial charge in [-0.3, -0.25) is 4.79 Å². The second kappa shape index (κ2) is 8.49. The zero-order valence-corrected chi connectivity index (χ0v) is 17.9. The molecule has 1 amide bonds. The highest BCUT2D eigenvalue weighted by Gasteiger charge is 2.27. The van der Waals surface area contributed by atoms with Crippen LogP contribution < -0.4 is 5.43 Å². The standard InChI is InChI=1S/C23H23N3O4S/c1-16(20-12-11-17-7-2-3-10-21(17)22(20)27)24-25-23(28)18-8-6-9-19(15-18)31(29,30)26-13-4-5-14-26/h2-3,6-12,15,27H,4-5,13-14H2,1H3,(H,25,28)/b24-16-. The quantitative estimate of drug-likeness (QED) is 0.471. The number of hydrogen-bond donors (Lipinski definition) is 2. The van der Waals surface area contributed by atoms with Crippen LogP contribution in [0, 0.1) is 0 Å². The van der Waals surface area contributed by atoms with Crippen molar-refractivity contribution in [3.05, 3.63) is 71.8 Å². The van der Waals surface area contributed by atoms with Gasteiger partial charge in [0.1, 0.15) is 5.75 Å². The molecular formula is C23H23N3O4S. The monoisotopic (exact) mass is 437 g/mol. The first-order valence-corrected chi connectivity index (χ1v) is 11.5. The lowest BCUT2D eigenvalue weighted by Crippen LogP contribution is -2.28. The molecule has 0 aliphatic carbocycles. The summed E-state index contributed by atoms with van der Waals surface area (Å²) >= 11 is 0. The van der Waals surface area contributed by atoms with E-state index < -0.39 is 15.9 Å². The summed E-state index contributed by atoms with van der Waals surface area (Å²) in [6.45, 7) is 2.67. The molecular weight excluding hydrogens is 414 g/mol. The number of amides is 1. The average Bonchev–Trinajstić information content (AvgIpc) is 3.34. The summed E-state index contributed by atoms with van der Waals surface area (Å²) in [7, 11) is -3.61. The average molecular weight is 438 g/mol. The van der Waals surface area contributed by atoms with Gasteiger partial charge in [-0.1, -0.05) is 36.4 Å². The Bertz CT molecular complexity index is 1280. The van der Waals surface area contributed by atoms with E-state index in [4.69, 9.17) is 0 Å². The minimum atomic E-state index is -3.61. The van der Waals surface area contributed by atoms with Crippen LogP contribution in [0.15, 0.2) is 70.7 Å². The molecule has 2 N–H and O–H groups in total. The normalized spacial score (nSPS) is 15.3. The van der Waals surface area contributed by atoms with E-state index in [1.54, 1.807) is 19.1 Å². The van der Waals surface area contributed by atoms with Crippen molar-refractivity contribution in [2.24, 2.45) is 5.10 Å². The summed E-state index contributed by atoms with van der Waals surface area (Å²) < 4.78 is 26.9. The Labute approximate surface area is 181 Å². The molecule has 3 aromatic rings. The smallest absolute Gasteiger partial charge is 0.271 e. The number of rotatable bonds is 5. The van der Waals surface area contributed by atoms with E-state index in [9.17, 15) is 18.3 Å². The molecule has 0 bridgehead atoms. The molecule has 1 aliphatic rings. The van der Waals surface area contributed by atoms with Crippen LogP contribution in [-0.2, 0) is 10.0 Å². The van der Waals surface area contributed by atoms with Crippen LogP contribution in [0.3, 0.4) is 0 Å². The second-order valence-electron chi connectivity index (χ2n) is 7.46. The van der Waals surface area contributed by atoms with Crippen LogP contribution in [-0.4, -0.2) is 42.5 Å². The van der Waals surface area contributed by atoms with Crippen molar-refractivity contribution in [3.8, 4) is 5.75 Å². The minimum Gasteiger partial charge on any atom is -0.507 e. The van der Waals surface area contributed by atoms with Gasteiger partial charge in [-0.15, -0.1) is 0 Å². The number of nitrogens with zero attached hydrogens (tertiary/aromatic N) is 2. The Hall–Kier alpha value is -3.23. The van der Waals surface area contributed by atoms with Gasteiger partial charge in [-0.2, -0.15) is 9.41 Å². The molecule has 4 rings (SSSR count). The number of hydrazone groups is 1. The van der Waals surface area contributed by atoms with Crippen LogP contribution in [0.25, 0.3) is 10.8 Å². The van der Waals surface area contributed by atoms with Gasteiger partial charge < -0.3 is 5.11 Å². The highest BCUT2D eigenvalue weighted by molar-refractivity contribution is 7.89. The molecule has 3 aromatic carbocycles. The Morgan fingerprint density at radius 3 is 2.55 bits per heavy atom. The van der Waals surface area contributed by atoms with Gasteiger partial charge in [0.25, 0.3) is 5.91 Å². The fourth-order valence-corrected chi connectivity index (χ4v) is 5.25. The van der Waals surface area contributed by atoms with E-state index in [-0.39, 0.29) is 16.2 Å². The number of carbonyl (C=O) groups is 1. The van der Waals surface area contributed by atoms with Gasteiger partial charge in [-0.25, -0.2) is 13.8 Å². The molecule has 0 radical (unpaired) electrons. The molecule has 1 heterocycles. The predicted molar refractivity (Wildman–Crippen MR) is 120 cm³/mol.